The van der Waals surface area contributed by atoms with Crippen molar-refractivity contribution in [2.75, 3.05) is 7.11 Å². The summed E-state index contributed by atoms with van der Waals surface area (Å²) in [5.74, 6) is 3.20. The number of tetrazole rings is 2. The van der Waals surface area contributed by atoms with Crippen LogP contribution in [0.1, 0.15) is 91.4 Å². The van der Waals surface area contributed by atoms with Crippen molar-refractivity contribution in [2.24, 2.45) is 14.1 Å². The Hall–Kier alpha value is -8.77. The third kappa shape index (κ3) is 21.2. The highest BCUT2D eigenvalue weighted by Gasteiger charge is 2.13. The van der Waals surface area contributed by atoms with E-state index in [9.17, 15) is 0 Å². The first-order chi connectivity index (χ1) is 38.4. The van der Waals surface area contributed by atoms with Crippen molar-refractivity contribution in [2.45, 2.75) is 109 Å². The molecule has 0 saturated heterocycles. The predicted molar refractivity (Wildman–Crippen MR) is 323 cm³/mol. The summed E-state index contributed by atoms with van der Waals surface area (Å²) in [7, 11) is 5.16. The van der Waals surface area contributed by atoms with Crippen LogP contribution < -0.4 is 4.74 Å². The monoisotopic (exact) mass is 1100 g/mol. The van der Waals surface area contributed by atoms with Crippen LogP contribution in [0.4, 0.5) is 0 Å². The van der Waals surface area contributed by atoms with Crippen molar-refractivity contribution in [1.29, 1.82) is 0 Å². The Morgan fingerprint density at radius 1 is 0.662 bits per heavy atom. The molecule has 17 nitrogen and oxygen atoms in total. The van der Waals surface area contributed by atoms with Gasteiger partial charge >= 0.3 is 0 Å². The number of pyridine rings is 3. The predicted octanol–water partition coefficient (Wildman–Crippen LogP) is 13.6. The number of aryl methyl sites for hydroxylation is 15. The normalized spacial score (nSPS) is 10.7. The Morgan fingerprint density at radius 3 is 1.90 bits per heavy atom. The number of ether oxygens (including phenoxy) is 1. The van der Waals surface area contributed by atoms with Crippen LogP contribution in [0.15, 0.2) is 138 Å². The molecule has 0 bridgehead atoms. The molecular formula is C62H77N15O2S. The number of nitrogens with one attached hydrogen (secondary N) is 2. The zero-order chi connectivity index (χ0) is 58.0. The van der Waals surface area contributed by atoms with Gasteiger partial charge in [0, 0.05) is 71.3 Å². The summed E-state index contributed by atoms with van der Waals surface area (Å²) in [6.07, 6.45) is 12.5. The fourth-order valence-corrected chi connectivity index (χ4v) is 8.61. The first-order valence-corrected chi connectivity index (χ1v) is 27.2. The van der Waals surface area contributed by atoms with Gasteiger partial charge in [0.1, 0.15) is 17.2 Å². The summed E-state index contributed by atoms with van der Waals surface area (Å²) in [4.78, 5) is 21.1. The lowest BCUT2D eigenvalue weighted by atomic mass is 9.96. The number of nitrogens with zero attached hydrogens (tertiary/aromatic N) is 13. The van der Waals surface area contributed by atoms with Crippen molar-refractivity contribution in [3.63, 3.8) is 0 Å². The number of aromatic amines is 2. The molecule has 1 aliphatic carbocycles. The van der Waals surface area contributed by atoms with Crippen LogP contribution in [-0.4, -0.2) is 82.6 Å². The SMILES string of the molecule is COc1cc(C)c(C)cn1.Cc1[nH]nc2c1CCCC2.Cc1c[nH]c2ccccc12.Cc1cc(C)nc(C)c1.Cc1cc2ccccc2o1.Cc1ccncc1.Cc1nc2ccccc2s1.Cc1nnn(C)n1.Cc1nnnn1C. The number of methoxy groups -OCH3 is 1. The molecule has 3 aromatic carbocycles. The van der Waals surface area contributed by atoms with Crippen molar-refractivity contribution in [3.05, 3.63) is 213 Å². The first-order valence-electron chi connectivity index (χ1n) is 26.4. The smallest absolute Gasteiger partial charge is 0.213 e. The number of H-pyrrole nitrogens is 2. The number of para-hydroxylation sites is 3. The van der Waals surface area contributed by atoms with Crippen LogP contribution in [0, 0.1) is 83.1 Å². The van der Waals surface area contributed by atoms with E-state index in [1.54, 1.807) is 56.5 Å². The van der Waals surface area contributed by atoms with E-state index in [4.69, 9.17) is 9.15 Å². The Kier molecular flexibility index (Phi) is 25.0. The highest BCUT2D eigenvalue weighted by molar-refractivity contribution is 7.18. The van der Waals surface area contributed by atoms with Gasteiger partial charge in [-0.1, -0.05) is 48.5 Å². The second kappa shape index (κ2) is 32.2. The molecule has 0 amide bonds. The lowest BCUT2D eigenvalue weighted by molar-refractivity contribution is 0.397. The maximum Gasteiger partial charge on any atom is 0.213 e. The van der Waals surface area contributed by atoms with Crippen LogP contribution in [0.2, 0.25) is 0 Å². The molecule has 9 heterocycles. The van der Waals surface area contributed by atoms with Crippen LogP contribution in [0.5, 0.6) is 5.88 Å². The first kappa shape index (κ1) is 62.1. The van der Waals surface area contributed by atoms with E-state index in [0.29, 0.717) is 11.7 Å². The van der Waals surface area contributed by atoms with Crippen molar-refractivity contribution in [3.8, 4) is 5.88 Å². The zero-order valence-electron chi connectivity index (χ0n) is 49.1. The van der Waals surface area contributed by atoms with Gasteiger partial charge in [-0.2, -0.15) is 9.90 Å². The molecule has 1 aliphatic rings. The van der Waals surface area contributed by atoms with E-state index in [-0.39, 0.29) is 0 Å². The van der Waals surface area contributed by atoms with Crippen molar-refractivity contribution in [1.82, 2.24) is 75.5 Å². The molecule has 418 valence electrons. The molecule has 13 rings (SSSR count). The van der Waals surface area contributed by atoms with Gasteiger partial charge in [-0.05, 0) is 212 Å². The van der Waals surface area contributed by atoms with E-state index < -0.39 is 0 Å². The van der Waals surface area contributed by atoms with Crippen LogP contribution in [0.3, 0.4) is 0 Å². The largest absolute Gasteiger partial charge is 0.481 e. The second-order valence-corrected chi connectivity index (χ2v) is 20.3. The molecule has 12 aromatic rings. The van der Waals surface area contributed by atoms with Gasteiger partial charge in [0.15, 0.2) is 5.82 Å². The summed E-state index contributed by atoms with van der Waals surface area (Å²) in [6, 6.07) is 36.6. The van der Waals surface area contributed by atoms with Crippen LogP contribution in [0.25, 0.3) is 32.1 Å². The Bertz CT molecular complexity index is 3470. The topological polar surface area (TPSA) is 206 Å². The minimum Gasteiger partial charge on any atom is -0.481 e. The Labute approximate surface area is 474 Å². The minimum atomic E-state index is 0.683. The van der Waals surface area contributed by atoms with E-state index in [1.165, 1.54) is 96.2 Å². The van der Waals surface area contributed by atoms with Crippen LogP contribution in [-0.2, 0) is 26.9 Å². The molecule has 9 aromatic heterocycles. The zero-order valence-corrected chi connectivity index (χ0v) is 49.9. The molecule has 0 unspecified atom stereocenters. The van der Waals surface area contributed by atoms with E-state index in [0.717, 1.165) is 39.1 Å². The minimum absolute atomic E-state index is 0.683. The number of fused-ring (bicyclic) bond motifs is 4. The summed E-state index contributed by atoms with van der Waals surface area (Å²) >= 11 is 1.74. The highest BCUT2D eigenvalue weighted by atomic mass is 32.1. The summed E-state index contributed by atoms with van der Waals surface area (Å²) in [5, 5.41) is 32.5. The van der Waals surface area contributed by atoms with Crippen molar-refractivity contribution >= 4 is 43.4 Å². The van der Waals surface area contributed by atoms with Gasteiger partial charge in [0.25, 0.3) is 0 Å². The fourth-order valence-electron chi connectivity index (χ4n) is 7.79. The van der Waals surface area contributed by atoms with Gasteiger partial charge in [0.2, 0.25) is 5.88 Å². The number of benzene rings is 3. The number of hydrogen-bond donors (Lipinski definition) is 2. The average Bonchev–Trinajstić information content (AvgIpc) is 4.33. The quantitative estimate of drug-likeness (QED) is 0.157. The molecule has 0 saturated carbocycles. The number of hydrogen-bond acceptors (Lipinski definition) is 14. The number of aromatic nitrogens is 15. The van der Waals surface area contributed by atoms with Gasteiger partial charge in [-0.3, -0.25) is 15.1 Å². The third-order valence-electron chi connectivity index (χ3n) is 12.1. The fraction of sp³-hybridized carbons (Fsp3) is 0.306. The molecule has 0 atom stereocenters. The standard InChI is InChI=1S/C9H9N.C9H8O.C8H12N2.C8H11NO.C8H7NS.C8H11N.C6H7N.2C3H6N4/c1-7-6-10-9-5-3-2-4-8(7)9;1-7-6-8-4-2-3-5-9(8)10-7;1-6-7-4-2-3-5-8(7)10-9-6;1-6-4-8(10-3)9-5-7(6)2;1-6-9-7-4-2-3-5-8(7)10-6;1-6-4-7(2)9-8(3)5-6;1-6-2-4-7-5-3-6;1-3-4-5-6-7(3)2;1-3-4-6-7(2)5-3/h2-6,10H,1H3;2-6H,1H3;2-5H2,1H3,(H,9,10);4-5H,1-3H3;2-5H,1H3;4-5H,1-3H3;2-5H,1H3;2*1-2H3. The lowest BCUT2D eigenvalue weighted by Crippen LogP contribution is -2.00. The highest BCUT2D eigenvalue weighted by Crippen LogP contribution is 2.22. The number of rotatable bonds is 1. The molecular weight excluding hydrogens is 1020 g/mol. The number of furan rings is 1. The van der Waals surface area contributed by atoms with Gasteiger partial charge < -0.3 is 14.1 Å². The molecule has 0 radical (unpaired) electrons. The van der Waals surface area contributed by atoms with Gasteiger partial charge in [-0.15, -0.1) is 26.6 Å². The Morgan fingerprint density at radius 2 is 1.35 bits per heavy atom. The van der Waals surface area contributed by atoms with E-state index in [1.807, 2.05) is 141 Å². The molecule has 0 aliphatic heterocycles. The summed E-state index contributed by atoms with van der Waals surface area (Å²) < 4.78 is 13.2. The second-order valence-electron chi connectivity index (χ2n) is 19.0. The molecule has 2 N–H and O–H groups in total. The average molecular weight is 1100 g/mol. The summed E-state index contributed by atoms with van der Waals surface area (Å²) in [5.41, 5.74) is 15.9. The summed E-state index contributed by atoms with van der Waals surface area (Å²) in [6.45, 7) is 24.1. The van der Waals surface area contributed by atoms with Gasteiger partial charge in [0.05, 0.1) is 35.1 Å². The molecule has 80 heavy (non-hydrogen) atoms. The van der Waals surface area contributed by atoms with Crippen LogP contribution >= 0.6 is 11.3 Å². The maximum atomic E-state index is 5.37. The molecule has 18 heteroatoms. The molecule has 0 fully saturated rings. The van der Waals surface area contributed by atoms with E-state index in [2.05, 4.69) is 123 Å². The van der Waals surface area contributed by atoms with E-state index >= 15 is 0 Å². The molecule has 0 spiro atoms. The van der Waals surface area contributed by atoms with Gasteiger partial charge in [-0.25, -0.2) is 14.6 Å². The third-order valence-corrected chi connectivity index (χ3v) is 13.0. The maximum absolute atomic E-state index is 5.37. The number of thiazole rings is 1. The lowest BCUT2D eigenvalue weighted by Gasteiger charge is -2.08. The Balaban J connectivity index is 0.000000166. The van der Waals surface area contributed by atoms with Crippen molar-refractivity contribution < 1.29 is 9.15 Å².